The molecule has 3 rings (SSSR count). The maximum absolute atomic E-state index is 11.9. The summed E-state index contributed by atoms with van der Waals surface area (Å²) in [5.74, 6) is 1.00. The van der Waals surface area contributed by atoms with Crippen molar-refractivity contribution in [2.45, 2.75) is 37.5 Å². The van der Waals surface area contributed by atoms with Crippen molar-refractivity contribution >= 4 is 5.97 Å². The second-order valence-corrected chi connectivity index (χ2v) is 5.35. The average Bonchev–Trinajstić information content (AvgIpc) is 2.93. The van der Waals surface area contributed by atoms with Crippen LogP contribution in [0.3, 0.4) is 0 Å². The summed E-state index contributed by atoms with van der Waals surface area (Å²) in [6.07, 6.45) is 4.20. The third-order valence-corrected chi connectivity index (χ3v) is 4.33. The van der Waals surface area contributed by atoms with Crippen LogP contribution in [-0.4, -0.2) is 25.0 Å². The van der Waals surface area contributed by atoms with E-state index in [0.29, 0.717) is 35.7 Å². The van der Waals surface area contributed by atoms with E-state index in [1.165, 1.54) is 0 Å². The van der Waals surface area contributed by atoms with E-state index in [-0.39, 0.29) is 6.79 Å². The maximum atomic E-state index is 11.9. The molecule has 0 radical (unpaired) electrons. The molecule has 0 bridgehead atoms. The lowest BCUT2D eigenvalue weighted by Gasteiger charge is -2.34. The first-order chi connectivity index (χ1) is 9.67. The van der Waals surface area contributed by atoms with Crippen LogP contribution in [0.5, 0.6) is 17.2 Å². The van der Waals surface area contributed by atoms with Gasteiger partial charge in [0.25, 0.3) is 0 Å². The molecule has 1 aliphatic heterocycles. The Kier molecular flexibility index (Phi) is 3.20. The van der Waals surface area contributed by atoms with E-state index < -0.39 is 11.4 Å². The first-order valence-electron chi connectivity index (χ1n) is 6.89. The van der Waals surface area contributed by atoms with Crippen molar-refractivity contribution in [1.82, 2.24) is 0 Å². The summed E-state index contributed by atoms with van der Waals surface area (Å²) >= 11 is 0. The lowest BCUT2D eigenvalue weighted by atomic mass is 9.69. The Morgan fingerprint density at radius 3 is 2.45 bits per heavy atom. The average molecular weight is 278 g/mol. The van der Waals surface area contributed by atoms with Crippen molar-refractivity contribution in [3.05, 3.63) is 17.7 Å². The van der Waals surface area contributed by atoms with Gasteiger partial charge >= 0.3 is 5.97 Å². The fourth-order valence-corrected chi connectivity index (χ4v) is 3.22. The van der Waals surface area contributed by atoms with Gasteiger partial charge in [0, 0.05) is 11.6 Å². The molecule has 2 aliphatic rings. The van der Waals surface area contributed by atoms with Gasteiger partial charge in [0.15, 0.2) is 11.5 Å². The number of hydrogen-bond donors (Lipinski definition) is 1. The number of benzene rings is 1. The third-order valence-electron chi connectivity index (χ3n) is 4.33. The topological polar surface area (TPSA) is 65.0 Å². The molecule has 108 valence electrons. The molecule has 1 aliphatic carbocycles. The minimum atomic E-state index is -0.870. The standard InChI is InChI=1S/C15H18O5/c1-18-11-8-13-12(19-9-20-13)7-10(11)15(14(16)17)5-3-2-4-6-15/h7-8H,2-6,9H2,1H3,(H,16,17). The van der Waals surface area contributed by atoms with E-state index in [2.05, 4.69) is 0 Å². The summed E-state index contributed by atoms with van der Waals surface area (Å²) in [5, 5.41) is 9.78. The zero-order valence-corrected chi connectivity index (χ0v) is 11.5. The van der Waals surface area contributed by atoms with Gasteiger partial charge in [-0.05, 0) is 18.9 Å². The minimum Gasteiger partial charge on any atom is -0.496 e. The number of fused-ring (bicyclic) bond motifs is 1. The summed E-state index contributed by atoms with van der Waals surface area (Å²) < 4.78 is 16.1. The van der Waals surface area contributed by atoms with Crippen LogP contribution in [0.2, 0.25) is 0 Å². The van der Waals surface area contributed by atoms with Crippen LogP contribution < -0.4 is 14.2 Å². The fourth-order valence-electron chi connectivity index (χ4n) is 3.22. The molecule has 1 heterocycles. The summed E-state index contributed by atoms with van der Waals surface area (Å²) in [7, 11) is 1.55. The Bertz CT molecular complexity index is 531. The van der Waals surface area contributed by atoms with Gasteiger partial charge in [0.05, 0.1) is 12.5 Å². The van der Waals surface area contributed by atoms with Crippen molar-refractivity contribution < 1.29 is 24.1 Å². The quantitative estimate of drug-likeness (QED) is 0.921. The predicted molar refractivity (Wildman–Crippen MR) is 71.5 cm³/mol. The summed E-state index contributed by atoms with van der Waals surface area (Å²) in [6.45, 7) is 0.169. The Morgan fingerprint density at radius 1 is 1.20 bits per heavy atom. The van der Waals surface area contributed by atoms with Gasteiger partial charge in [-0.1, -0.05) is 19.3 Å². The van der Waals surface area contributed by atoms with Crippen LogP contribution in [0.4, 0.5) is 0 Å². The molecule has 1 aromatic rings. The molecule has 1 N–H and O–H groups in total. The van der Waals surface area contributed by atoms with E-state index in [9.17, 15) is 9.90 Å². The number of carbonyl (C=O) groups is 1. The minimum absolute atomic E-state index is 0.169. The van der Waals surface area contributed by atoms with Crippen LogP contribution in [0.25, 0.3) is 0 Å². The van der Waals surface area contributed by atoms with Gasteiger partial charge in [-0.3, -0.25) is 4.79 Å². The number of methoxy groups -OCH3 is 1. The van der Waals surface area contributed by atoms with Crippen molar-refractivity contribution in [1.29, 1.82) is 0 Å². The Labute approximate surface area is 117 Å². The molecular weight excluding hydrogens is 260 g/mol. The van der Waals surface area contributed by atoms with E-state index in [1.807, 2.05) is 0 Å². The highest BCUT2D eigenvalue weighted by Gasteiger charge is 2.44. The number of ether oxygens (including phenoxy) is 3. The van der Waals surface area contributed by atoms with E-state index in [4.69, 9.17) is 14.2 Å². The largest absolute Gasteiger partial charge is 0.496 e. The molecule has 20 heavy (non-hydrogen) atoms. The van der Waals surface area contributed by atoms with Crippen molar-refractivity contribution in [3.63, 3.8) is 0 Å². The summed E-state index contributed by atoms with van der Waals surface area (Å²) in [5.41, 5.74) is -0.165. The maximum Gasteiger partial charge on any atom is 0.314 e. The van der Waals surface area contributed by atoms with E-state index in [0.717, 1.165) is 19.3 Å². The molecule has 5 heteroatoms. The number of rotatable bonds is 3. The molecule has 1 aromatic carbocycles. The van der Waals surface area contributed by atoms with Crippen LogP contribution >= 0.6 is 0 Å². The summed E-state index contributed by atoms with van der Waals surface area (Å²) in [6, 6.07) is 3.51. The van der Waals surface area contributed by atoms with Crippen molar-refractivity contribution in [2.24, 2.45) is 0 Å². The van der Waals surface area contributed by atoms with E-state index >= 15 is 0 Å². The molecule has 0 atom stereocenters. The number of carboxylic acids is 1. The van der Waals surface area contributed by atoms with Gasteiger partial charge in [-0.25, -0.2) is 0 Å². The lowest BCUT2D eigenvalue weighted by molar-refractivity contribution is -0.145. The molecule has 0 amide bonds. The van der Waals surface area contributed by atoms with Gasteiger partial charge < -0.3 is 19.3 Å². The van der Waals surface area contributed by atoms with Crippen LogP contribution in [0, 0.1) is 0 Å². The van der Waals surface area contributed by atoms with Gasteiger partial charge in [0.1, 0.15) is 5.75 Å². The van der Waals surface area contributed by atoms with Crippen LogP contribution in [0.1, 0.15) is 37.7 Å². The Balaban J connectivity index is 2.13. The Hall–Kier alpha value is -1.91. The van der Waals surface area contributed by atoms with Crippen molar-refractivity contribution in [2.75, 3.05) is 13.9 Å². The third kappa shape index (κ3) is 1.88. The van der Waals surface area contributed by atoms with Crippen LogP contribution in [0.15, 0.2) is 12.1 Å². The molecule has 1 saturated carbocycles. The molecular formula is C15H18O5. The normalized spacial score (nSPS) is 19.6. The van der Waals surface area contributed by atoms with Gasteiger partial charge in [-0.15, -0.1) is 0 Å². The highest BCUT2D eigenvalue weighted by Crippen LogP contribution is 2.48. The second kappa shape index (κ2) is 4.89. The zero-order valence-electron chi connectivity index (χ0n) is 11.5. The zero-order chi connectivity index (χ0) is 14.2. The lowest BCUT2D eigenvalue weighted by Crippen LogP contribution is -2.38. The monoisotopic (exact) mass is 278 g/mol. The van der Waals surface area contributed by atoms with E-state index in [1.54, 1.807) is 19.2 Å². The molecule has 0 spiro atoms. The smallest absolute Gasteiger partial charge is 0.314 e. The first kappa shape index (κ1) is 13.1. The fraction of sp³-hybridized carbons (Fsp3) is 0.533. The molecule has 0 aromatic heterocycles. The predicted octanol–water partition coefficient (Wildman–Crippen LogP) is 2.71. The molecule has 5 nitrogen and oxygen atoms in total. The van der Waals surface area contributed by atoms with Crippen LogP contribution in [-0.2, 0) is 10.2 Å². The van der Waals surface area contributed by atoms with Gasteiger partial charge in [0.2, 0.25) is 6.79 Å². The first-order valence-corrected chi connectivity index (χ1v) is 6.89. The molecule has 0 saturated heterocycles. The second-order valence-electron chi connectivity index (χ2n) is 5.35. The number of hydrogen-bond acceptors (Lipinski definition) is 4. The van der Waals surface area contributed by atoms with Crippen molar-refractivity contribution in [3.8, 4) is 17.2 Å². The SMILES string of the molecule is COc1cc2c(cc1C1(C(=O)O)CCCCC1)OCO2. The summed E-state index contributed by atoms with van der Waals surface area (Å²) in [4.78, 5) is 11.9. The van der Waals surface area contributed by atoms with Gasteiger partial charge in [-0.2, -0.15) is 0 Å². The highest BCUT2D eigenvalue weighted by molar-refractivity contribution is 5.83. The number of carboxylic acid groups (broad SMARTS) is 1. The Morgan fingerprint density at radius 2 is 1.85 bits per heavy atom. The molecule has 0 unspecified atom stereocenters. The molecule has 1 fully saturated rings. The number of aliphatic carboxylic acids is 1. The highest BCUT2D eigenvalue weighted by atomic mass is 16.7.